The number of aromatic nitrogens is 2. The highest BCUT2D eigenvalue weighted by atomic mass is 19.4. The summed E-state index contributed by atoms with van der Waals surface area (Å²) in [6, 6.07) is 11.2. The molecule has 2 unspecified atom stereocenters. The number of anilines is 1. The van der Waals surface area contributed by atoms with Gasteiger partial charge in [0.25, 0.3) is 11.8 Å². The number of benzene rings is 2. The van der Waals surface area contributed by atoms with Gasteiger partial charge in [-0.25, -0.2) is 9.18 Å². The Morgan fingerprint density at radius 3 is 2.32 bits per heavy atom. The summed E-state index contributed by atoms with van der Waals surface area (Å²) in [4.78, 5) is 57.7. The van der Waals surface area contributed by atoms with Gasteiger partial charge in [0.15, 0.2) is 6.10 Å². The van der Waals surface area contributed by atoms with Crippen LogP contribution in [-0.4, -0.2) is 93.1 Å². The minimum absolute atomic E-state index is 0.0400. The predicted molar refractivity (Wildman–Crippen MR) is 206 cm³/mol. The maximum Gasteiger partial charge on any atom is 0.416 e. The van der Waals surface area contributed by atoms with Crippen LogP contribution in [0.1, 0.15) is 85.4 Å². The van der Waals surface area contributed by atoms with E-state index in [-0.39, 0.29) is 85.3 Å². The average molecular weight is 837 g/mol. The average Bonchev–Trinajstić information content (AvgIpc) is 4.09. The summed E-state index contributed by atoms with van der Waals surface area (Å²) in [6.07, 6.45) is -2.05. The normalized spacial score (nSPS) is 24.4. The fourth-order valence-electron chi connectivity index (χ4n) is 9.38. The molecule has 320 valence electrons. The lowest BCUT2D eigenvalue weighted by molar-refractivity contribution is -0.254. The second-order valence-corrected chi connectivity index (χ2v) is 17.3. The molecule has 1 aromatic heterocycles. The molecule has 3 aliphatic carbocycles. The summed E-state index contributed by atoms with van der Waals surface area (Å²) in [5.74, 6) is -2.53. The molecular formula is C43H48F4N6O7. The molecular weight excluding hydrogens is 788 g/mol. The number of halogens is 4. The molecule has 9 rings (SSSR count). The monoisotopic (exact) mass is 836 g/mol. The number of alkyl halides is 3. The molecule has 0 radical (unpaired) electrons. The zero-order chi connectivity index (χ0) is 41.9. The number of morpholine rings is 1. The van der Waals surface area contributed by atoms with Crippen LogP contribution in [0.4, 0.5) is 28.0 Å². The van der Waals surface area contributed by atoms with Crippen LogP contribution in [0.5, 0.6) is 5.75 Å². The lowest BCUT2D eigenvalue weighted by atomic mass is 9.79. The number of nitrogens with zero attached hydrogens (tertiary/aromatic N) is 4. The van der Waals surface area contributed by atoms with Gasteiger partial charge >= 0.3 is 12.3 Å². The van der Waals surface area contributed by atoms with Crippen molar-refractivity contribution in [3.63, 3.8) is 0 Å². The first-order chi connectivity index (χ1) is 28.8. The van der Waals surface area contributed by atoms with Crippen molar-refractivity contribution >= 4 is 29.5 Å². The van der Waals surface area contributed by atoms with Gasteiger partial charge in [-0.15, -0.1) is 0 Å². The quantitative estimate of drug-likeness (QED) is 0.215. The van der Waals surface area contributed by atoms with Crippen molar-refractivity contribution in [2.45, 2.75) is 100 Å². The standard InChI is InChI=1S/C43H48F4N6O7/c1-51-31(13-16-48-51)38(54)50-36(35(25-7-8-25)26-9-10-26)39(55)49-30-20-33-28(19-29(30)44)32(53-22-34(43(45,46)47)59-37(40(53)56)27-11-12-27)21-42(60-33)14-17-52(18-15-42)41(57)58-23-24-5-3-2-4-6-24/h2-6,13,16,19-20,25-27,32,34-37H,7-12,14-15,17-18,21-23H2,1H3,(H,49,55)(H,50,54)/t32?,34-,36-,37?/m0/s1. The third kappa shape index (κ3) is 8.28. The second-order valence-electron chi connectivity index (χ2n) is 17.3. The minimum atomic E-state index is -4.76. The Hall–Kier alpha value is -5.19. The maximum absolute atomic E-state index is 16.4. The van der Waals surface area contributed by atoms with Crippen molar-refractivity contribution in [2.75, 3.05) is 25.0 Å². The van der Waals surface area contributed by atoms with Gasteiger partial charge in [-0.05, 0) is 79.9 Å². The Bertz CT molecular complexity index is 2120. The molecule has 4 amide bonds. The van der Waals surface area contributed by atoms with Crippen molar-refractivity contribution in [1.82, 2.24) is 24.9 Å². The van der Waals surface area contributed by atoms with Crippen LogP contribution in [0, 0.1) is 29.5 Å². The van der Waals surface area contributed by atoms with Crippen molar-refractivity contribution in [3.05, 3.63) is 77.4 Å². The van der Waals surface area contributed by atoms with Crippen LogP contribution < -0.4 is 15.4 Å². The number of amides is 4. The first-order valence-corrected chi connectivity index (χ1v) is 20.9. The molecule has 1 spiro atoms. The summed E-state index contributed by atoms with van der Waals surface area (Å²) in [5, 5.41) is 9.71. The molecule has 4 atom stereocenters. The van der Waals surface area contributed by atoms with Gasteiger partial charge in [-0.2, -0.15) is 18.3 Å². The Morgan fingerprint density at radius 2 is 1.70 bits per heavy atom. The number of likely N-dealkylation sites (tertiary alicyclic amines) is 1. The third-order valence-electron chi connectivity index (χ3n) is 13.1. The zero-order valence-corrected chi connectivity index (χ0v) is 33.2. The Labute approximate surface area is 344 Å². The number of carbonyl (C=O) groups is 4. The number of rotatable bonds is 11. The number of piperidine rings is 1. The number of fused-ring (bicyclic) bond motifs is 1. The maximum atomic E-state index is 16.4. The topological polar surface area (TPSA) is 144 Å². The van der Waals surface area contributed by atoms with E-state index < -0.39 is 72.2 Å². The molecule has 2 N–H and O–H groups in total. The van der Waals surface area contributed by atoms with Gasteiger partial charge in [0.1, 0.15) is 41.6 Å². The largest absolute Gasteiger partial charge is 0.487 e. The van der Waals surface area contributed by atoms with Gasteiger partial charge in [-0.3, -0.25) is 19.1 Å². The van der Waals surface area contributed by atoms with Crippen LogP contribution in [-0.2, 0) is 32.7 Å². The molecule has 17 heteroatoms. The van der Waals surface area contributed by atoms with Crippen LogP contribution in [0.25, 0.3) is 0 Å². The zero-order valence-electron chi connectivity index (χ0n) is 33.2. The molecule has 2 saturated heterocycles. The van der Waals surface area contributed by atoms with Gasteiger partial charge < -0.3 is 34.6 Å². The molecule has 3 aromatic rings. The van der Waals surface area contributed by atoms with E-state index in [9.17, 15) is 32.3 Å². The predicted octanol–water partition coefficient (Wildman–Crippen LogP) is 6.30. The highest BCUT2D eigenvalue weighted by Gasteiger charge is 2.56. The van der Waals surface area contributed by atoms with E-state index in [4.69, 9.17) is 14.2 Å². The van der Waals surface area contributed by atoms with E-state index in [1.165, 1.54) is 26.7 Å². The van der Waals surface area contributed by atoms with Crippen LogP contribution in [0.3, 0.4) is 0 Å². The lowest BCUT2D eigenvalue weighted by Gasteiger charge is -2.50. The van der Waals surface area contributed by atoms with E-state index >= 15 is 4.39 Å². The van der Waals surface area contributed by atoms with Crippen molar-refractivity contribution < 1.29 is 51.0 Å². The van der Waals surface area contributed by atoms with Crippen LogP contribution >= 0.6 is 0 Å². The fraction of sp³-hybridized carbons (Fsp3) is 0.558. The number of ether oxygens (including phenoxy) is 3. The molecule has 13 nitrogen and oxygen atoms in total. The SMILES string of the molecule is Cn1nccc1C(=O)N[C@H](C(=O)Nc1cc2c(cc1F)C(N1C[C@@H](C(F)(F)F)OC(C3CC3)C1=O)CC1(CCN(C(=O)OCc3ccccc3)CC1)O2)C(C1CC1)C1CC1. The molecule has 2 aromatic carbocycles. The Balaban J connectivity index is 1.01. The van der Waals surface area contributed by atoms with Gasteiger partial charge in [0.05, 0.1) is 18.3 Å². The number of aryl methyl sites for hydroxylation is 1. The second kappa shape index (κ2) is 15.7. The molecule has 3 saturated carbocycles. The highest BCUT2D eigenvalue weighted by Crippen LogP contribution is 2.52. The van der Waals surface area contributed by atoms with Gasteiger partial charge in [0, 0.05) is 57.2 Å². The Morgan fingerprint density at radius 1 is 1.00 bits per heavy atom. The minimum Gasteiger partial charge on any atom is -0.487 e. The van der Waals surface area contributed by atoms with Gasteiger partial charge in [-0.1, -0.05) is 30.3 Å². The highest BCUT2D eigenvalue weighted by molar-refractivity contribution is 6.01. The third-order valence-corrected chi connectivity index (χ3v) is 13.1. The number of hydrogen-bond donors (Lipinski definition) is 2. The van der Waals surface area contributed by atoms with Gasteiger partial charge in [0.2, 0.25) is 5.91 Å². The van der Waals surface area contributed by atoms with E-state index in [2.05, 4.69) is 15.7 Å². The van der Waals surface area contributed by atoms with Crippen molar-refractivity contribution in [2.24, 2.45) is 30.7 Å². The summed E-state index contributed by atoms with van der Waals surface area (Å²) >= 11 is 0. The number of carbonyl (C=O) groups excluding carboxylic acids is 4. The molecule has 0 bridgehead atoms. The molecule has 4 heterocycles. The molecule has 3 aliphatic heterocycles. The van der Waals surface area contributed by atoms with E-state index in [0.29, 0.717) is 12.8 Å². The summed E-state index contributed by atoms with van der Waals surface area (Å²) in [7, 11) is 1.62. The van der Waals surface area contributed by atoms with E-state index in [0.717, 1.165) is 37.3 Å². The molecule has 5 fully saturated rings. The smallest absolute Gasteiger partial charge is 0.416 e. The lowest BCUT2D eigenvalue weighted by Crippen LogP contribution is -2.60. The summed E-state index contributed by atoms with van der Waals surface area (Å²) in [5.41, 5.74) is -0.0658. The summed E-state index contributed by atoms with van der Waals surface area (Å²) < 4.78 is 78.6. The Kier molecular flexibility index (Phi) is 10.5. The van der Waals surface area contributed by atoms with E-state index in [1.807, 2.05) is 30.3 Å². The first kappa shape index (κ1) is 40.2. The number of hydrogen-bond acceptors (Lipinski definition) is 8. The van der Waals surface area contributed by atoms with E-state index in [1.54, 1.807) is 13.1 Å². The van der Waals surface area contributed by atoms with Crippen LogP contribution in [0.2, 0.25) is 0 Å². The molecule has 60 heavy (non-hydrogen) atoms. The first-order valence-electron chi connectivity index (χ1n) is 20.9. The fourth-order valence-corrected chi connectivity index (χ4v) is 9.38. The van der Waals surface area contributed by atoms with Crippen LogP contribution in [0.15, 0.2) is 54.7 Å². The number of nitrogens with one attached hydrogen (secondary N) is 2. The molecule has 6 aliphatic rings. The van der Waals surface area contributed by atoms with Crippen molar-refractivity contribution in [1.29, 1.82) is 0 Å². The van der Waals surface area contributed by atoms with Crippen molar-refractivity contribution in [3.8, 4) is 5.75 Å². The summed E-state index contributed by atoms with van der Waals surface area (Å²) in [6.45, 7) is -0.333.